The van der Waals surface area contributed by atoms with E-state index in [0.29, 0.717) is 44.5 Å². The number of nitrogens with one attached hydrogen (secondary N) is 2. The fraction of sp³-hybridized carbons (Fsp3) is 0.385. The van der Waals surface area contributed by atoms with Gasteiger partial charge in [-0.15, -0.1) is 0 Å². The second-order valence-electron chi connectivity index (χ2n) is 9.06. The Hall–Kier alpha value is -3.64. The number of piperazine rings is 1. The number of aliphatic carboxylic acids is 1. The molecule has 1 aromatic carbocycles. The van der Waals surface area contributed by atoms with E-state index in [4.69, 9.17) is 10.8 Å². The minimum absolute atomic E-state index is 0.00222. The van der Waals surface area contributed by atoms with Crippen molar-refractivity contribution in [1.82, 2.24) is 24.8 Å². The molecular weight excluding hydrogens is 472 g/mol. The summed E-state index contributed by atoms with van der Waals surface area (Å²) in [4.78, 5) is 28.3. The molecule has 37 heavy (non-hydrogen) atoms. The molecule has 3 heterocycles. The predicted molar refractivity (Wildman–Crippen MR) is 143 cm³/mol. The highest BCUT2D eigenvalue weighted by Gasteiger charge is 2.27. The molecule has 3 aromatic rings. The van der Waals surface area contributed by atoms with Gasteiger partial charge in [0.05, 0.1) is 13.2 Å². The molecule has 4 rings (SSSR count). The Bertz CT molecular complexity index is 1160. The molecule has 1 unspecified atom stereocenters. The summed E-state index contributed by atoms with van der Waals surface area (Å²) in [6, 6.07) is 11.9. The molecule has 0 spiro atoms. The molecule has 0 bridgehead atoms. The van der Waals surface area contributed by atoms with Crippen molar-refractivity contribution in [2.24, 2.45) is 5.73 Å². The van der Waals surface area contributed by atoms with Gasteiger partial charge < -0.3 is 26.6 Å². The molecule has 1 saturated heterocycles. The largest absolute Gasteiger partial charge is 0.480 e. The van der Waals surface area contributed by atoms with Gasteiger partial charge in [-0.3, -0.25) is 14.6 Å². The fourth-order valence-electron chi connectivity index (χ4n) is 4.35. The van der Waals surface area contributed by atoms with Crippen LogP contribution in [0.2, 0.25) is 0 Å². The minimum atomic E-state index is -0.846. The van der Waals surface area contributed by atoms with E-state index in [9.17, 15) is 9.90 Å². The molecule has 0 aliphatic carbocycles. The van der Waals surface area contributed by atoms with Crippen molar-refractivity contribution in [3.63, 3.8) is 0 Å². The number of rotatable bonds is 12. The number of hydrogen-bond acceptors (Lipinski definition) is 10. The summed E-state index contributed by atoms with van der Waals surface area (Å²) in [5, 5.41) is 25.5. The van der Waals surface area contributed by atoms with Gasteiger partial charge in [-0.25, -0.2) is 15.0 Å². The number of anilines is 3. The minimum Gasteiger partial charge on any atom is -0.480 e. The molecule has 11 nitrogen and oxygen atoms in total. The van der Waals surface area contributed by atoms with Gasteiger partial charge in [0.1, 0.15) is 5.82 Å². The zero-order chi connectivity index (χ0) is 26.0. The van der Waals surface area contributed by atoms with Crippen molar-refractivity contribution in [3.05, 3.63) is 60.6 Å². The monoisotopic (exact) mass is 506 g/mol. The zero-order valence-electron chi connectivity index (χ0n) is 20.8. The van der Waals surface area contributed by atoms with Gasteiger partial charge >= 0.3 is 5.97 Å². The first kappa shape index (κ1) is 26.4. The number of aliphatic hydroxyl groups excluding tert-OH is 1. The molecule has 0 amide bonds. The number of aliphatic hydroxyl groups is 1. The highest BCUT2D eigenvalue weighted by molar-refractivity contribution is 5.69. The Morgan fingerprint density at radius 2 is 1.95 bits per heavy atom. The molecule has 1 aliphatic rings. The smallest absolute Gasteiger partial charge is 0.317 e. The predicted octanol–water partition coefficient (Wildman–Crippen LogP) is 1.61. The van der Waals surface area contributed by atoms with E-state index in [2.05, 4.69) is 36.6 Å². The third kappa shape index (κ3) is 7.67. The molecule has 0 saturated carbocycles. The van der Waals surface area contributed by atoms with E-state index in [1.54, 1.807) is 18.6 Å². The molecule has 1 atom stereocenters. The topological polar surface area (TPSA) is 153 Å². The van der Waals surface area contributed by atoms with Crippen LogP contribution < -0.4 is 16.4 Å². The molecule has 2 aromatic heterocycles. The van der Waals surface area contributed by atoms with Crippen LogP contribution in [0.3, 0.4) is 0 Å². The SMILES string of the molecule is NCCCNc1ncc(-c2ccnc(Nc3cccc(CN4CCN(CC(=O)O)CC4CO)c3)c2)cn1. The van der Waals surface area contributed by atoms with Crippen LogP contribution in [0, 0.1) is 0 Å². The first-order valence-corrected chi connectivity index (χ1v) is 12.4. The van der Waals surface area contributed by atoms with E-state index < -0.39 is 5.97 Å². The van der Waals surface area contributed by atoms with Crippen LogP contribution in [0.25, 0.3) is 11.1 Å². The van der Waals surface area contributed by atoms with Gasteiger partial charge in [0.25, 0.3) is 0 Å². The normalized spacial score (nSPS) is 16.4. The van der Waals surface area contributed by atoms with Crippen molar-refractivity contribution in [3.8, 4) is 11.1 Å². The lowest BCUT2D eigenvalue weighted by Gasteiger charge is -2.40. The summed E-state index contributed by atoms with van der Waals surface area (Å²) in [6.45, 7) is 3.89. The van der Waals surface area contributed by atoms with Crippen molar-refractivity contribution in [2.45, 2.75) is 19.0 Å². The Morgan fingerprint density at radius 1 is 1.11 bits per heavy atom. The molecule has 6 N–H and O–H groups in total. The number of carboxylic acid groups (broad SMARTS) is 1. The maximum atomic E-state index is 11.0. The molecule has 0 radical (unpaired) electrons. The summed E-state index contributed by atoms with van der Waals surface area (Å²) < 4.78 is 0. The van der Waals surface area contributed by atoms with E-state index in [0.717, 1.165) is 35.3 Å². The van der Waals surface area contributed by atoms with Gasteiger partial charge in [-0.1, -0.05) is 12.1 Å². The third-order valence-electron chi connectivity index (χ3n) is 6.25. The fourth-order valence-corrected chi connectivity index (χ4v) is 4.35. The first-order chi connectivity index (χ1) is 18.0. The lowest BCUT2D eigenvalue weighted by Crippen LogP contribution is -2.55. The molecule has 1 aliphatic heterocycles. The Balaban J connectivity index is 1.38. The molecule has 196 valence electrons. The lowest BCUT2D eigenvalue weighted by atomic mass is 10.1. The van der Waals surface area contributed by atoms with Crippen LogP contribution in [0.15, 0.2) is 55.0 Å². The van der Waals surface area contributed by atoms with Crippen LogP contribution in [0.1, 0.15) is 12.0 Å². The average Bonchev–Trinajstić information content (AvgIpc) is 2.90. The maximum absolute atomic E-state index is 11.0. The number of carboxylic acids is 1. The average molecular weight is 507 g/mol. The highest BCUT2D eigenvalue weighted by atomic mass is 16.4. The third-order valence-corrected chi connectivity index (χ3v) is 6.25. The summed E-state index contributed by atoms with van der Waals surface area (Å²) in [6.07, 6.45) is 6.17. The standard InChI is InChI=1S/C26H34N8O3/c27-6-2-7-29-26-30-13-21(14-31-26)20-5-8-28-24(12-20)32-22-4-1-3-19(11-22)15-34-10-9-33(17-25(36)37)16-23(34)18-35/h1,3-5,8,11-14,23,35H,2,6-7,9-10,15-18,27H2,(H,28,32)(H,36,37)(H,29,30,31). The van der Waals surface area contributed by atoms with E-state index in [1.807, 2.05) is 35.2 Å². The number of aromatic nitrogens is 3. The highest BCUT2D eigenvalue weighted by Crippen LogP contribution is 2.24. The van der Waals surface area contributed by atoms with Crippen LogP contribution in [0.5, 0.6) is 0 Å². The second kappa shape index (κ2) is 13.1. The van der Waals surface area contributed by atoms with Gasteiger partial charge in [0.15, 0.2) is 0 Å². The van der Waals surface area contributed by atoms with E-state index >= 15 is 0 Å². The van der Waals surface area contributed by atoms with Crippen molar-refractivity contribution in [1.29, 1.82) is 0 Å². The zero-order valence-corrected chi connectivity index (χ0v) is 20.8. The summed E-state index contributed by atoms with van der Waals surface area (Å²) in [5.41, 5.74) is 9.36. The summed E-state index contributed by atoms with van der Waals surface area (Å²) in [7, 11) is 0. The lowest BCUT2D eigenvalue weighted by molar-refractivity contribution is -0.139. The number of nitrogens with two attached hydrogens (primary N) is 1. The molecule has 1 fully saturated rings. The van der Waals surface area contributed by atoms with Crippen LogP contribution in [-0.4, -0.2) is 92.9 Å². The van der Waals surface area contributed by atoms with Crippen molar-refractivity contribution >= 4 is 23.4 Å². The summed E-state index contributed by atoms with van der Waals surface area (Å²) in [5.74, 6) is 0.435. The number of nitrogens with zero attached hydrogens (tertiary/aromatic N) is 5. The summed E-state index contributed by atoms with van der Waals surface area (Å²) >= 11 is 0. The number of benzene rings is 1. The first-order valence-electron chi connectivity index (χ1n) is 12.4. The van der Waals surface area contributed by atoms with Gasteiger partial charge in [0, 0.05) is 68.6 Å². The Labute approximate surface area is 216 Å². The molecular formula is C26H34N8O3. The second-order valence-corrected chi connectivity index (χ2v) is 9.06. The quantitative estimate of drug-likeness (QED) is 0.228. The Kier molecular flexibility index (Phi) is 9.33. The van der Waals surface area contributed by atoms with Crippen molar-refractivity contribution < 1.29 is 15.0 Å². The van der Waals surface area contributed by atoms with E-state index in [1.165, 1.54) is 0 Å². The maximum Gasteiger partial charge on any atom is 0.317 e. The number of pyridine rings is 1. The number of hydrogen-bond donors (Lipinski definition) is 5. The van der Waals surface area contributed by atoms with E-state index in [-0.39, 0.29) is 19.2 Å². The van der Waals surface area contributed by atoms with Gasteiger partial charge in [0.2, 0.25) is 5.95 Å². The van der Waals surface area contributed by atoms with Crippen LogP contribution >= 0.6 is 0 Å². The van der Waals surface area contributed by atoms with Crippen LogP contribution in [0.4, 0.5) is 17.5 Å². The van der Waals surface area contributed by atoms with Gasteiger partial charge in [-0.2, -0.15) is 0 Å². The Morgan fingerprint density at radius 3 is 2.70 bits per heavy atom. The molecule has 11 heteroatoms. The van der Waals surface area contributed by atoms with Crippen molar-refractivity contribution in [2.75, 3.05) is 56.5 Å². The van der Waals surface area contributed by atoms with Crippen LogP contribution in [-0.2, 0) is 11.3 Å². The number of carbonyl (C=O) groups is 1. The van der Waals surface area contributed by atoms with Gasteiger partial charge in [-0.05, 0) is 48.4 Å².